The van der Waals surface area contributed by atoms with Gasteiger partial charge in [0.15, 0.2) is 0 Å². The van der Waals surface area contributed by atoms with Crippen LogP contribution in [0.15, 0.2) is 0 Å². The van der Waals surface area contributed by atoms with Gasteiger partial charge in [0, 0.05) is 45.3 Å². The second-order valence-corrected chi connectivity index (χ2v) is 6.29. The fourth-order valence-electron chi connectivity index (χ4n) is 2.88. The molecule has 1 heterocycles. The maximum Gasteiger partial charge on any atom is 0.0110 e. The van der Waals surface area contributed by atoms with Gasteiger partial charge < -0.3 is 15.1 Å². The summed E-state index contributed by atoms with van der Waals surface area (Å²) in [5.41, 5.74) is 0. The Morgan fingerprint density at radius 1 is 1.00 bits per heavy atom. The predicted octanol–water partition coefficient (Wildman–Crippen LogP) is 1.33. The third kappa shape index (κ3) is 7.58. The zero-order chi connectivity index (χ0) is 14.8. The normalized spacial score (nSPS) is 19.6. The Hall–Kier alpha value is -0.160. The van der Waals surface area contributed by atoms with E-state index in [2.05, 4.69) is 48.0 Å². The molecule has 0 aromatic carbocycles. The molecular weight excluding hydrogens is 248 g/mol. The van der Waals surface area contributed by atoms with Crippen molar-refractivity contribution >= 4 is 0 Å². The van der Waals surface area contributed by atoms with Gasteiger partial charge in [0.2, 0.25) is 0 Å². The molecule has 20 heavy (non-hydrogen) atoms. The molecule has 0 aliphatic carbocycles. The lowest BCUT2D eigenvalue weighted by Gasteiger charge is -2.35. The van der Waals surface area contributed by atoms with Gasteiger partial charge in [-0.3, -0.25) is 4.90 Å². The van der Waals surface area contributed by atoms with Crippen LogP contribution in [0.2, 0.25) is 0 Å². The molecule has 0 bridgehead atoms. The first-order valence-electron chi connectivity index (χ1n) is 8.48. The van der Waals surface area contributed by atoms with Crippen LogP contribution in [0.4, 0.5) is 0 Å². The zero-order valence-corrected chi connectivity index (χ0v) is 14.2. The molecule has 0 spiro atoms. The van der Waals surface area contributed by atoms with E-state index >= 15 is 0 Å². The number of nitrogens with one attached hydrogen (secondary N) is 1. The number of rotatable bonds is 10. The topological polar surface area (TPSA) is 21.8 Å². The van der Waals surface area contributed by atoms with Crippen LogP contribution in [0.25, 0.3) is 0 Å². The Kier molecular flexibility index (Phi) is 9.44. The van der Waals surface area contributed by atoms with Gasteiger partial charge in [-0.25, -0.2) is 0 Å². The third-order valence-corrected chi connectivity index (χ3v) is 4.34. The number of nitrogens with zero attached hydrogens (tertiary/aromatic N) is 3. The fraction of sp³-hybridized carbons (Fsp3) is 1.00. The summed E-state index contributed by atoms with van der Waals surface area (Å²) >= 11 is 0. The van der Waals surface area contributed by atoms with E-state index < -0.39 is 0 Å². The molecule has 1 aliphatic rings. The van der Waals surface area contributed by atoms with Crippen molar-refractivity contribution in [2.24, 2.45) is 0 Å². The van der Waals surface area contributed by atoms with Crippen molar-refractivity contribution in [2.45, 2.75) is 39.2 Å². The van der Waals surface area contributed by atoms with Crippen LogP contribution in [0.1, 0.15) is 33.1 Å². The molecule has 1 atom stereocenters. The van der Waals surface area contributed by atoms with E-state index in [9.17, 15) is 0 Å². The Morgan fingerprint density at radius 2 is 1.60 bits per heavy atom. The van der Waals surface area contributed by atoms with Crippen molar-refractivity contribution in [3.05, 3.63) is 0 Å². The van der Waals surface area contributed by atoms with E-state index in [1.807, 2.05) is 0 Å². The van der Waals surface area contributed by atoms with E-state index in [4.69, 9.17) is 0 Å². The Balaban J connectivity index is 2.07. The second kappa shape index (κ2) is 10.6. The molecule has 0 aromatic rings. The molecule has 120 valence electrons. The summed E-state index contributed by atoms with van der Waals surface area (Å²) in [4.78, 5) is 7.52. The summed E-state index contributed by atoms with van der Waals surface area (Å²) in [6.45, 7) is 14.3. The van der Waals surface area contributed by atoms with Crippen molar-refractivity contribution < 1.29 is 0 Å². The molecule has 1 fully saturated rings. The van der Waals surface area contributed by atoms with Gasteiger partial charge in [-0.1, -0.05) is 13.8 Å². The van der Waals surface area contributed by atoms with Crippen LogP contribution in [-0.4, -0.2) is 87.2 Å². The minimum absolute atomic E-state index is 0.724. The van der Waals surface area contributed by atoms with Crippen LogP contribution in [0, 0.1) is 0 Å². The summed E-state index contributed by atoms with van der Waals surface area (Å²) < 4.78 is 0. The summed E-state index contributed by atoms with van der Waals surface area (Å²) in [6.07, 6.45) is 3.92. The van der Waals surface area contributed by atoms with Crippen LogP contribution in [0.5, 0.6) is 0 Å². The average molecular weight is 284 g/mol. The zero-order valence-electron chi connectivity index (χ0n) is 14.2. The molecule has 1 rings (SSSR count). The van der Waals surface area contributed by atoms with Crippen molar-refractivity contribution in [3.63, 3.8) is 0 Å². The highest BCUT2D eigenvalue weighted by Crippen LogP contribution is 2.06. The first-order valence-corrected chi connectivity index (χ1v) is 8.48. The van der Waals surface area contributed by atoms with Crippen molar-refractivity contribution in [3.8, 4) is 0 Å². The number of hydrogen-bond donors (Lipinski definition) is 1. The van der Waals surface area contributed by atoms with Crippen LogP contribution >= 0.6 is 0 Å². The summed E-state index contributed by atoms with van der Waals surface area (Å²) in [6, 6.07) is 0.724. The summed E-state index contributed by atoms with van der Waals surface area (Å²) in [5, 5.41) is 3.57. The molecule has 4 heteroatoms. The number of likely N-dealkylation sites (N-methyl/N-ethyl adjacent to an activating group) is 1. The van der Waals surface area contributed by atoms with Gasteiger partial charge in [0.25, 0.3) is 0 Å². The van der Waals surface area contributed by atoms with E-state index in [1.165, 1.54) is 65.1 Å². The molecule has 0 saturated carbocycles. The van der Waals surface area contributed by atoms with Crippen molar-refractivity contribution in [1.82, 2.24) is 20.0 Å². The number of piperazine rings is 1. The van der Waals surface area contributed by atoms with Crippen LogP contribution < -0.4 is 5.32 Å². The molecule has 1 saturated heterocycles. The largest absolute Gasteiger partial charge is 0.314 e. The highest BCUT2D eigenvalue weighted by molar-refractivity contribution is 4.73. The van der Waals surface area contributed by atoms with Gasteiger partial charge in [0.05, 0.1) is 0 Å². The minimum Gasteiger partial charge on any atom is -0.314 e. The van der Waals surface area contributed by atoms with Gasteiger partial charge in [-0.05, 0) is 46.4 Å². The highest BCUT2D eigenvalue weighted by Gasteiger charge is 2.16. The van der Waals surface area contributed by atoms with E-state index in [1.54, 1.807) is 0 Å². The lowest BCUT2D eigenvalue weighted by Crippen LogP contribution is -2.48. The third-order valence-electron chi connectivity index (χ3n) is 4.34. The lowest BCUT2D eigenvalue weighted by molar-refractivity contribution is 0.123. The quantitative estimate of drug-likeness (QED) is 0.653. The molecular formula is C16H36N4. The summed E-state index contributed by atoms with van der Waals surface area (Å²) in [7, 11) is 4.31. The van der Waals surface area contributed by atoms with E-state index in [0.717, 1.165) is 12.6 Å². The van der Waals surface area contributed by atoms with Gasteiger partial charge in [0.1, 0.15) is 0 Å². The lowest BCUT2D eigenvalue weighted by atomic mass is 10.1. The standard InChI is InChI=1S/C16H36N4/c1-5-16(17-6-2)8-7-9-19-12-14-20(15-13-19)11-10-18(3)4/h16-17H,5-15H2,1-4H3. The molecule has 0 amide bonds. The second-order valence-electron chi connectivity index (χ2n) is 6.29. The Morgan fingerprint density at radius 3 is 2.10 bits per heavy atom. The Bertz CT molecular complexity index is 225. The van der Waals surface area contributed by atoms with Crippen LogP contribution in [0.3, 0.4) is 0 Å². The van der Waals surface area contributed by atoms with Crippen molar-refractivity contribution in [1.29, 1.82) is 0 Å². The highest BCUT2D eigenvalue weighted by atomic mass is 15.3. The van der Waals surface area contributed by atoms with Gasteiger partial charge in [-0.2, -0.15) is 0 Å². The van der Waals surface area contributed by atoms with E-state index in [-0.39, 0.29) is 0 Å². The number of hydrogen-bond acceptors (Lipinski definition) is 4. The van der Waals surface area contributed by atoms with Gasteiger partial charge >= 0.3 is 0 Å². The molecule has 1 aliphatic heterocycles. The molecule has 1 N–H and O–H groups in total. The predicted molar refractivity (Wildman–Crippen MR) is 88.4 cm³/mol. The van der Waals surface area contributed by atoms with E-state index in [0.29, 0.717) is 0 Å². The van der Waals surface area contributed by atoms with Crippen molar-refractivity contribution in [2.75, 3.05) is 66.5 Å². The molecule has 4 nitrogen and oxygen atoms in total. The fourth-order valence-corrected chi connectivity index (χ4v) is 2.88. The maximum atomic E-state index is 3.57. The average Bonchev–Trinajstić information content (AvgIpc) is 2.45. The monoisotopic (exact) mass is 284 g/mol. The Labute approximate surface area is 126 Å². The molecule has 0 radical (unpaired) electrons. The van der Waals surface area contributed by atoms with Gasteiger partial charge in [-0.15, -0.1) is 0 Å². The first-order chi connectivity index (χ1) is 9.65. The summed E-state index contributed by atoms with van der Waals surface area (Å²) in [5.74, 6) is 0. The SMILES string of the molecule is CCNC(CC)CCCN1CCN(CCN(C)C)CC1. The molecule has 0 aromatic heterocycles. The first kappa shape index (κ1) is 17.9. The minimum atomic E-state index is 0.724. The maximum absolute atomic E-state index is 3.57. The smallest absolute Gasteiger partial charge is 0.0110 e. The van der Waals surface area contributed by atoms with Crippen LogP contribution in [-0.2, 0) is 0 Å². The molecule has 1 unspecified atom stereocenters.